The fourth-order valence-corrected chi connectivity index (χ4v) is 1.99. The molecule has 1 aromatic carbocycles. The molecule has 0 aliphatic heterocycles. The van der Waals surface area contributed by atoms with Gasteiger partial charge in [0, 0.05) is 27.3 Å². The van der Waals surface area contributed by atoms with Gasteiger partial charge >= 0.3 is 0 Å². The molecule has 0 fully saturated rings. The minimum atomic E-state index is -3.93. The Hall–Kier alpha value is -2.53. The average Bonchev–Trinajstić information content (AvgIpc) is 2.30. The normalized spacial score (nSPS) is 12.7. The summed E-state index contributed by atoms with van der Waals surface area (Å²) in [7, 11) is -3.93. The van der Waals surface area contributed by atoms with Crippen molar-refractivity contribution in [3.63, 3.8) is 0 Å². The molecule has 0 aliphatic rings. The summed E-state index contributed by atoms with van der Waals surface area (Å²) in [5, 5.41) is 10.3. The minimum Gasteiger partial charge on any atom is -0.305 e. The summed E-state index contributed by atoms with van der Waals surface area (Å²) < 4.78 is 11.9. The molecule has 0 spiro atoms. The second kappa shape index (κ2) is 5.00. The summed E-state index contributed by atoms with van der Waals surface area (Å²) in [6.07, 6.45) is 0. The lowest BCUT2D eigenvalue weighted by Gasteiger charge is -2.04. The van der Waals surface area contributed by atoms with Gasteiger partial charge in [-0.2, -0.15) is 0 Å². The number of azide groups is 1. The quantitative estimate of drug-likeness (QED) is 0.202. The second-order valence-electron chi connectivity index (χ2n) is 2.68. The van der Waals surface area contributed by atoms with Gasteiger partial charge in [-0.15, -0.1) is 0 Å². The fourth-order valence-electron chi connectivity index (χ4n) is 0.998. The Bertz CT molecular complexity index is 562. The van der Waals surface area contributed by atoms with Gasteiger partial charge in [0.1, 0.15) is 0 Å². The van der Waals surface area contributed by atoms with Crippen molar-refractivity contribution in [1.82, 2.24) is 0 Å². The van der Waals surface area contributed by atoms with Crippen LogP contribution in [0.25, 0.3) is 20.9 Å². The first-order valence-corrected chi connectivity index (χ1v) is 5.63. The molecule has 17 heavy (non-hydrogen) atoms. The van der Waals surface area contributed by atoms with Gasteiger partial charge in [0.2, 0.25) is 0 Å². The molecule has 1 rings (SSSR count). The molecule has 0 saturated carbocycles. The van der Waals surface area contributed by atoms with Gasteiger partial charge in [-0.3, -0.25) is 10.1 Å². The molecule has 0 amide bonds. The maximum atomic E-state index is 11.9. The van der Waals surface area contributed by atoms with Crippen LogP contribution in [0.3, 0.4) is 0 Å². The topological polar surface area (TPSA) is 158 Å². The van der Waals surface area contributed by atoms with Crippen LogP contribution in [-0.2, 0) is 4.57 Å². The van der Waals surface area contributed by atoms with Gasteiger partial charge < -0.3 is 4.57 Å². The molecule has 0 atom stereocenters. The van der Waals surface area contributed by atoms with Crippen molar-refractivity contribution in [3.8, 4) is 0 Å². The Balaban J connectivity index is 3.31. The van der Waals surface area contributed by atoms with E-state index in [2.05, 4.69) is 19.6 Å². The highest BCUT2D eigenvalue weighted by Gasteiger charge is 2.22. The van der Waals surface area contributed by atoms with Crippen LogP contribution in [0.5, 0.6) is 0 Å². The highest BCUT2D eigenvalue weighted by Crippen LogP contribution is 2.48. The molecule has 11 heteroatoms. The van der Waals surface area contributed by atoms with Gasteiger partial charge in [0.25, 0.3) is 13.1 Å². The number of nitrogens with zero attached hydrogens (tertiary/aromatic N) is 7. The zero-order valence-corrected chi connectivity index (χ0v) is 9.01. The SMILES string of the molecule is [N-]=[N+]=NP(=O)(N=[N+]=[N-])c1ccc([N+](=O)[O-])cc1. The van der Waals surface area contributed by atoms with Gasteiger partial charge in [0.15, 0.2) is 0 Å². The van der Waals surface area contributed by atoms with E-state index in [0.717, 1.165) is 24.3 Å². The van der Waals surface area contributed by atoms with Crippen molar-refractivity contribution in [3.05, 3.63) is 55.3 Å². The summed E-state index contributed by atoms with van der Waals surface area (Å²) in [6, 6.07) is 4.37. The number of benzene rings is 1. The van der Waals surface area contributed by atoms with Crippen LogP contribution in [0.2, 0.25) is 0 Å². The van der Waals surface area contributed by atoms with Gasteiger partial charge in [-0.25, -0.2) is 0 Å². The minimum absolute atomic E-state index is 0.0706. The van der Waals surface area contributed by atoms with E-state index in [1.807, 2.05) is 0 Å². The third kappa shape index (κ3) is 2.73. The van der Waals surface area contributed by atoms with Crippen molar-refractivity contribution in [2.24, 2.45) is 9.77 Å². The molecule has 0 unspecified atom stereocenters. The van der Waals surface area contributed by atoms with Crippen molar-refractivity contribution < 1.29 is 9.49 Å². The Morgan fingerprint density at radius 1 is 1.18 bits per heavy atom. The average molecular weight is 253 g/mol. The summed E-state index contributed by atoms with van der Waals surface area (Å²) in [6.45, 7) is 0. The molecule has 86 valence electrons. The van der Waals surface area contributed by atoms with Crippen LogP contribution in [0.15, 0.2) is 34.0 Å². The van der Waals surface area contributed by atoms with Crippen LogP contribution < -0.4 is 5.30 Å². The number of non-ortho nitro benzene ring substituents is 1. The Morgan fingerprint density at radius 3 is 2.00 bits per heavy atom. The van der Waals surface area contributed by atoms with E-state index in [4.69, 9.17) is 11.1 Å². The molecule has 0 N–H and O–H groups in total. The lowest BCUT2D eigenvalue weighted by Crippen LogP contribution is -2.00. The van der Waals surface area contributed by atoms with Crippen LogP contribution in [0, 0.1) is 10.1 Å². The van der Waals surface area contributed by atoms with Crippen molar-refractivity contribution >= 4 is 18.4 Å². The lowest BCUT2D eigenvalue weighted by atomic mass is 10.3. The molecule has 0 bridgehead atoms. The molecule has 10 nitrogen and oxygen atoms in total. The third-order valence-corrected chi connectivity index (χ3v) is 3.34. The summed E-state index contributed by atoms with van der Waals surface area (Å²) in [5.74, 6) is 0. The van der Waals surface area contributed by atoms with E-state index in [9.17, 15) is 14.7 Å². The predicted molar refractivity (Wildman–Crippen MR) is 58.6 cm³/mol. The van der Waals surface area contributed by atoms with Crippen molar-refractivity contribution in [2.75, 3.05) is 0 Å². The number of nitro groups is 1. The predicted octanol–water partition coefficient (Wildman–Crippen LogP) is 3.03. The molecule has 0 radical (unpaired) electrons. The zero-order valence-electron chi connectivity index (χ0n) is 8.11. The van der Waals surface area contributed by atoms with E-state index in [1.54, 1.807) is 0 Å². The summed E-state index contributed by atoms with van der Waals surface area (Å²) in [4.78, 5) is 20.3. The Kier molecular flexibility index (Phi) is 3.69. The van der Waals surface area contributed by atoms with E-state index in [0.29, 0.717) is 0 Å². The smallest absolute Gasteiger partial charge is 0.285 e. The molecule has 0 heterocycles. The number of hydrogen-bond donors (Lipinski definition) is 0. The number of hydrogen-bond acceptors (Lipinski definition) is 3. The molecule has 1 aromatic rings. The zero-order chi connectivity index (χ0) is 12.9. The van der Waals surface area contributed by atoms with Gasteiger partial charge in [0.05, 0.1) is 4.92 Å². The first kappa shape index (κ1) is 12.5. The summed E-state index contributed by atoms with van der Waals surface area (Å²) >= 11 is 0. The van der Waals surface area contributed by atoms with E-state index in [-0.39, 0.29) is 11.0 Å². The number of nitro benzene ring substituents is 1. The van der Waals surface area contributed by atoms with Gasteiger partial charge in [-0.05, 0) is 33.0 Å². The first-order chi connectivity index (χ1) is 8.03. The maximum Gasteiger partial charge on any atom is 0.285 e. The first-order valence-electron chi connectivity index (χ1n) is 4.02. The second-order valence-corrected chi connectivity index (χ2v) is 4.64. The van der Waals surface area contributed by atoms with Gasteiger partial charge in [-0.1, -0.05) is 0 Å². The van der Waals surface area contributed by atoms with E-state index >= 15 is 0 Å². The summed E-state index contributed by atoms with van der Waals surface area (Å²) in [5.41, 5.74) is 16.2. The Labute approximate surface area is 93.8 Å². The largest absolute Gasteiger partial charge is 0.305 e. The van der Waals surface area contributed by atoms with E-state index in [1.165, 1.54) is 0 Å². The van der Waals surface area contributed by atoms with Crippen molar-refractivity contribution in [2.45, 2.75) is 0 Å². The van der Waals surface area contributed by atoms with Crippen LogP contribution in [0.4, 0.5) is 5.69 Å². The highest BCUT2D eigenvalue weighted by atomic mass is 31.2. The van der Waals surface area contributed by atoms with Crippen molar-refractivity contribution in [1.29, 1.82) is 0 Å². The van der Waals surface area contributed by atoms with E-state index < -0.39 is 12.4 Å². The van der Waals surface area contributed by atoms with Crippen LogP contribution in [-0.4, -0.2) is 4.92 Å². The maximum absolute atomic E-state index is 11.9. The number of rotatable bonds is 4. The monoisotopic (exact) mass is 253 g/mol. The molecule has 0 aliphatic carbocycles. The molecule has 0 aromatic heterocycles. The van der Waals surface area contributed by atoms with Crippen LogP contribution in [0.1, 0.15) is 0 Å². The lowest BCUT2D eigenvalue weighted by molar-refractivity contribution is -0.384. The highest BCUT2D eigenvalue weighted by molar-refractivity contribution is 7.68. The van der Waals surface area contributed by atoms with Crippen LogP contribution >= 0.6 is 7.44 Å². The third-order valence-electron chi connectivity index (χ3n) is 1.72. The molecule has 0 saturated heterocycles. The molecular formula is C6H4N7O3P. The standard InChI is InChI=1S/C6H4N7O3P/c7-9-11-17(16,12-10-8)6-3-1-5(2-4-6)13(14)15/h1-4H. The Morgan fingerprint density at radius 2 is 1.65 bits per heavy atom. The fraction of sp³-hybridized carbons (Fsp3) is 0. The molecular weight excluding hydrogens is 249 g/mol.